The number of halogens is 7. The molecule has 0 aromatic carbocycles. The van der Waals surface area contributed by atoms with Crippen LogP contribution in [-0.4, -0.2) is 20.2 Å². The number of rotatable bonds is 4. The summed E-state index contributed by atoms with van der Waals surface area (Å²) in [7, 11) is 0. The van der Waals surface area contributed by atoms with Crippen molar-refractivity contribution in [2.24, 2.45) is 0 Å². The summed E-state index contributed by atoms with van der Waals surface area (Å²) in [5.74, 6) is 0. The Hall–Kier alpha value is 2.97. The molecule has 0 saturated carbocycles. The molecule has 14 heteroatoms. The first-order chi connectivity index (χ1) is 11.3. The Kier molecular flexibility index (Phi) is 17.8. The molecule has 0 atom stereocenters. The van der Waals surface area contributed by atoms with Gasteiger partial charge in [-0.25, -0.2) is 9.97 Å². The summed E-state index contributed by atoms with van der Waals surface area (Å²) < 4.78 is 1.47. The van der Waals surface area contributed by atoms with Crippen LogP contribution in [0.2, 0.25) is 0 Å². The van der Waals surface area contributed by atoms with Gasteiger partial charge in [-0.2, -0.15) is 0 Å². The molecule has 0 amide bonds. The second-order valence-corrected chi connectivity index (χ2v) is 24.6. The van der Waals surface area contributed by atoms with Crippen molar-refractivity contribution in [2.75, 3.05) is 0 Å². The molecular formula is C10H10Br7N2O2PS2. The molecule has 0 aliphatic heterocycles. The topological polar surface area (TPSA) is 66.2 Å². The molecule has 0 fully saturated rings. The Morgan fingerprint density at radius 3 is 1.54 bits per heavy atom. The molecule has 0 bridgehead atoms. The van der Waals surface area contributed by atoms with Crippen LogP contribution >= 0.6 is 137 Å². The molecule has 2 aromatic rings. The van der Waals surface area contributed by atoms with Crippen LogP contribution in [0.5, 0.6) is 0 Å². The Labute approximate surface area is 207 Å². The average Bonchev–Trinajstić information content (AvgIpc) is 3.08. The van der Waals surface area contributed by atoms with Gasteiger partial charge in [-0.1, -0.05) is 31.9 Å². The van der Waals surface area contributed by atoms with Crippen LogP contribution in [0.25, 0.3) is 0 Å². The molecule has 2 N–H and O–H groups in total. The zero-order valence-corrected chi connectivity index (χ0v) is 25.2. The van der Waals surface area contributed by atoms with Gasteiger partial charge >= 0.3 is 0 Å². The number of aromatic nitrogens is 2. The minimum Gasteiger partial charge on any atom is -0.391 e. The highest BCUT2D eigenvalue weighted by molar-refractivity contribution is 9.93. The predicted molar refractivity (Wildman–Crippen MR) is 130 cm³/mol. The van der Waals surface area contributed by atoms with Crippen LogP contribution in [0, 0.1) is 0 Å². The molecule has 2 rings (SSSR count). The highest BCUT2D eigenvalue weighted by atomic mass is 80.0. The van der Waals surface area contributed by atoms with Crippen molar-refractivity contribution in [3.8, 4) is 0 Å². The number of hydrogen-bond donors (Lipinski definition) is 2. The van der Waals surface area contributed by atoms with E-state index in [4.69, 9.17) is 10.2 Å². The maximum atomic E-state index is 8.70. The van der Waals surface area contributed by atoms with E-state index in [1.54, 1.807) is 11.3 Å². The van der Waals surface area contributed by atoms with Crippen LogP contribution < -0.4 is 0 Å². The zero-order valence-electron chi connectivity index (χ0n) is 11.5. The van der Waals surface area contributed by atoms with Crippen molar-refractivity contribution in [3.63, 3.8) is 0 Å². The molecule has 0 unspecified atom stereocenters. The highest BCUT2D eigenvalue weighted by Gasteiger charge is 2.06. The normalized spacial score (nSPS) is 10.1. The number of alkyl halides is 2. The fourth-order valence-electron chi connectivity index (χ4n) is 1.16. The molecule has 2 heterocycles. The van der Waals surface area contributed by atoms with Crippen LogP contribution in [0.15, 0.2) is 7.83 Å². The van der Waals surface area contributed by atoms with Gasteiger partial charge in [0.2, 0.25) is 0 Å². The van der Waals surface area contributed by atoms with Gasteiger partial charge in [-0.05, 0) is 78.3 Å². The minimum absolute atomic E-state index is 0.0564. The number of nitrogens with zero attached hydrogens (tertiary/aromatic N) is 2. The molecule has 0 aliphatic rings. The number of hydrogen-bond acceptors (Lipinski definition) is 6. The second kappa shape index (κ2) is 15.8. The van der Waals surface area contributed by atoms with Crippen molar-refractivity contribution >= 4 is 137 Å². The molecule has 4 nitrogen and oxygen atoms in total. The summed E-state index contributed by atoms with van der Waals surface area (Å²) in [6.45, 7) is -0.169. The van der Waals surface area contributed by atoms with Crippen molar-refractivity contribution in [3.05, 3.63) is 29.0 Å². The summed E-state index contributed by atoms with van der Waals surface area (Å²) in [5, 5.41) is 19.1. The molecule has 0 spiro atoms. The first kappa shape index (κ1) is 27.0. The Balaban J connectivity index is 0.000000363. The monoisotopic (exact) mass is 837 g/mol. The van der Waals surface area contributed by atoms with Gasteiger partial charge < -0.3 is 10.2 Å². The summed E-state index contributed by atoms with van der Waals surface area (Å²) >= 11 is 25.7. The lowest BCUT2D eigenvalue weighted by Gasteiger charge is -1.89. The Morgan fingerprint density at radius 1 is 0.792 bits per heavy atom. The maximum Gasteiger partial charge on any atom is 0.159 e. The van der Waals surface area contributed by atoms with Crippen LogP contribution in [-0.2, 0) is 23.9 Å². The first-order valence-corrected chi connectivity index (χ1v) is 18.5. The van der Waals surface area contributed by atoms with Crippen LogP contribution in [0.4, 0.5) is 0 Å². The van der Waals surface area contributed by atoms with Gasteiger partial charge in [0.25, 0.3) is 0 Å². The smallest absolute Gasteiger partial charge is 0.159 e. The quantitative estimate of drug-likeness (QED) is 0.242. The third-order valence-electron chi connectivity index (χ3n) is 2.05. The fraction of sp³-hybridized carbons (Fsp3) is 0.400. The van der Waals surface area contributed by atoms with Crippen molar-refractivity contribution in [1.82, 2.24) is 9.97 Å². The van der Waals surface area contributed by atoms with Crippen LogP contribution in [0.3, 0.4) is 0 Å². The summed E-state index contributed by atoms with van der Waals surface area (Å²) in [4.78, 5) is 10.2. The van der Waals surface area contributed by atoms with Crippen LogP contribution in [0.1, 0.15) is 21.1 Å². The molecule has 24 heavy (non-hydrogen) atoms. The lowest BCUT2D eigenvalue weighted by Crippen LogP contribution is -1.88. The zero-order chi connectivity index (χ0) is 18.7. The lowest BCUT2D eigenvalue weighted by atomic mass is 10.4. The minimum atomic E-state index is -0.183. The predicted octanol–water partition coefficient (Wildman–Crippen LogP) is 7.98. The van der Waals surface area contributed by atoms with Gasteiger partial charge in [0.1, 0.15) is 4.03 Å². The summed E-state index contributed by atoms with van der Waals surface area (Å²) in [5.41, 5.74) is 1.67. The van der Waals surface area contributed by atoms with Gasteiger partial charge in [0.05, 0.1) is 29.5 Å². The van der Waals surface area contributed by atoms with E-state index in [2.05, 4.69) is 120 Å². The van der Waals surface area contributed by atoms with Gasteiger partial charge in [0, 0.05) is 15.5 Å². The standard InChI is InChI=1S/C5H4Br3NS.C5H6BrNO2S.Br3P/c6-1-3-4(2-7)10-5(8)9-3;6-5-7-3(1-8)4(2-9)10-5;1-4(2)3/h1-2H2;8-9H,1-2H2;. The number of thiazole rings is 2. The number of aliphatic hydroxyl groups is 2. The summed E-state index contributed by atoms with van der Waals surface area (Å²) in [6, 6.07) is 0. The van der Waals surface area contributed by atoms with E-state index in [-0.39, 0.29) is 17.2 Å². The third kappa shape index (κ3) is 11.7. The molecule has 0 aliphatic carbocycles. The Morgan fingerprint density at radius 2 is 1.25 bits per heavy atom. The number of aliphatic hydroxyl groups excluding tert-OH is 2. The van der Waals surface area contributed by atoms with Crippen molar-refractivity contribution < 1.29 is 10.2 Å². The van der Waals surface area contributed by atoms with E-state index in [9.17, 15) is 0 Å². The van der Waals surface area contributed by atoms with Crippen molar-refractivity contribution in [2.45, 2.75) is 23.9 Å². The van der Waals surface area contributed by atoms with E-state index in [0.29, 0.717) is 9.61 Å². The van der Waals surface area contributed by atoms with Gasteiger partial charge in [-0.3, -0.25) is 0 Å². The molecule has 0 radical (unpaired) electrons. The average molecular weight is 845 g/mol. The maximum absolute atomic E-state index is 8.70. The van der Waals surface area contributed by atoms with Gasteiger partial charge in [-0.15, -0.1) is 22.7 Å². The van der Waals surface area contributed by atoms with E-state index in [1.165, 1.54) is 16.2 Å². The van der Waals surface area contributed by atoms with E-state index in [0.717, 1.165) is 25.1 Å². The van der Waals surface area contributed by atoms with E-state index >= 15 is 0 Å². The summed E-state index contributed by atoms with van der Waals surface area (Å²) in [6.07, 6.45) is 0. The lowest BCUT2D eigenvalue weighted by molar-refractivity contribution is 0.259. The molecule has 0 saturated heterocycles. The fourth-order valence-corrected chi connectivity index (χ4v) is 5.38. The van der Waals surface area contributed by atoms with Gasteiger partial charge in [0.15, 0.2) is 7.83 Å². The highest BCUT2D eigenvalue weighted by Crippen LogP contribution is 2.59. The van der Waals surface area contributed by atoms with E-state index in [1.807, 2.05) is 0 Å². The molecular weight excluding hydrogens is 835 g/mol. The molecule has 138 valence electrons. The van der Waals surface area contributed by atoms with Crippen molar-refractivity contribution in [1.29, 1.82) is 0 Å². The molecule has 2 aromatic heterocycles. The first-order valence-electron chi connectivity index (χ1n) is 5.68. The SMILES string of the molecule is BrCc1nc(Br)sc1CBr.BrP(Br)Br.OCc1nc(Br)sc1CO. The largest absolute Gasteiger partial charge is 0.391 e. The Bertz CT molecular complexity index is 506. The second-order valence-electron chi connectivity index (χ2n) is 3.45. The third-order valence-corrected chi connectivity index (χ3v) is 6.59. The van der Waals surface area contributed by atoms with E-state index < -0.39 is 0 Å².